The Morgan fingerprint density at radius 3 is 3.11 bits per heavy atom. The van der Waals surface area contributed by atoms with Crippen molar-refractivity contribution in [2.75, 3.05) is 0 Å². The van der Waals surface area contributed by atoms with E-state index in [9.17, 15) is 4.79 Å². The highest BCUT2D eigenvalue weighted by Crippen LogP contribution is 2.18. The lowest BCUT2D eigenvalue weighted by Crippen LogP contribution is -1.94. The molecule has 3 rings (SSSR count). The number of aromatic nitrogens is 4. The monoisotopic (exact) mass is 318 g/mol. The molecule has 0 radical (unpaired) electrons. The van der Waals surface area contributed by atoms with Gasteiger partial charge in [0, 0.05) is 4.47 Å². The van der Waals surface area contributed by atoms with Crippen molar-refractivity contribution >= 4 is 38.8 Å². The topological polar surface area (TPSA) is 84.7 Å². The molecule has 0 aliphatic rings. The third kappa shape index (κ3) is 2.45. The van der Waals surface area contributed by atoms with E-state index in [1.807, 2.05) is 18.2 Å². The van der Waals surface area contributed by atoms with Gasteiger partial charge in [0.15, 0.2) is 0 Å². The van der Waals surface area contributed by atoms with Gasteiger partial charge in [0.25, 0.3) is 5.89 Å². The van der Waals surface area contributed by atoms with Crippen LogP contribution in [0.15, 0.2) is 39.6 Å². The summed E-state index contributed by atoms with van der Waals surface area (Å²) in [5.74, 6) is 0.176. The van der Waals surface area contributed by atoms with Crippen LogP contribution in [0, 0.1) is 0 Å². The molecule has 0 amide bonds. The van der Waals surface area contributed by atoms with Crippen molar-refractivity contribution in [3.8, 4) is 0 Å². The van der Waals surface area contributed by atoms with E-state index in [2.05, 4.69) is 36.1 Å². The van der Waals surface area contributed by atoms with E-state index < -0.39 is 0 Å². The third-order valence-electron chi connectivity index (χ3n) is 2.43. The number of hydrogen-bond donors (Lipinski definition) is 1. The Hall–Kier alpha value is -2.28. The zero-order chi connectivity index (χ0) is 13.2. The highest BCUT2D eigenvalue weighted by atomic mass is 79.9. The number of hydrogen-bond acceptors (Lipinski definition) is 5. The Balaban J connectivity index is 1.87. The lowest BCUT2D eigenvalue weighted by atomic mass is 10.3. The van der Waals surface area contributed by atoms with Crippen molar-refractivity contribution in [2.45, 2.75) is 0 Å². The van der Waals surface area contributed by atoms with Crippen molar-refractivity contribution in [3.05, 3.63) is 46.9 Å². The average molecular weight is 319 g/mol. The van der Waals surface area contributed by atoms with E-state index in [0.29, 0.717) is 5.82 Å². The Kier molecular flexibility index (Phi) is 2.96. The average Bonchev–Trinajstić information content (AvgIpc) is 3.04. The molecule has 0 unspecified atom stereocenters. The van der Waals surface area contributed by atoms with Gasteiger partial charge in [0.2, 0.25) is 12.2 Å². The molecular formula is C12H7BrN4O2. The van der Waals surface area contributed by atoms with Gasteiger partial charge in [0.05, 0.1) is 11.0 Å². The molecular weight excluding hydrogens is 312 g/mol. The van der Waals surface area contributed by atoms with Crippen molar-refractivity contribution < 1.29 is 9.21 Å². The second kappa shape index (κ2) is 4.77. The fourth-order valence-electron chi connectivity index (χ4n) is 1.59. The number of fused-ring (bicyclic) bond motifs is 1. The predicted molar refractivity (Wildman–Crippen MR) is 71.5 cm³/mol. The fourth-order valence-corrected chi connectivity index (χ4v) is 1.95. The lowest BCUT2D eigenvalue weighted by molar-refractivity contribution is 0.101. The van der Waals surface area contributed by atoms with Gasteiger partial charge in [-0.1, -0.05) is 15.9 Å². The zero-order valence-electron chi connectivity index (χ0n) is 9.50. The molecule has 19 heavy (non-hydrogen) atoms. The molecule has 3 aromatic rings. The molecule has 1 N–H and O–H groups in total. The maximum Gasteiger partial charge on any atom is 0.288 e. The van der Waals surface area contributed by atoms with Crippen molar-refractivity contribution in [2.24, 2.45) is 0 Å². The standard InChI is InChI=1S/C12H7BrN4O2/c13-7-1-2-8-9(5-7)16-11(15-8)4-3-10(18)12-17-14-6-19-12/h1-6H,(H,15,16)/b4-3+. The molecule has 2 heterocycles. The van der Waals surface area contributed by atoms with Crippen LogP contribution >= 0.6 is 15.9 Å². The van der Waals surface area contributed by atoms with Crippen LogP contribution in [0.3, 0.4) is 0 Å². The first-order valence-electron chi connectivity index (χ1n) is 5.36. The van der Waals surface area contributed by atoms with Crippen LogP contribution in [0.1, 0.15) is 16.5 Å². The maximum atomic E-state index is 11.6. The Morgan fingerprint density at radius 1 is 1.42 bits per heavy atom. The number of H-pyrrole nitrogens is 1. The molecule has 6 nitrogen and oxygen atoms in total. The van der Waals surface area contributed by atoms with Crippen molar-refractivity contribution in [1.82, 2.24) is 20.2 Å². The SMILES string of the molecule is O=C(/C=C/c1nc2ccc(Br)cc2[nH]1)c1nnco1. The second-order valence-electron chi connectivity index (χ2n) is 3.72. The zero-order valence-corrected chi connectivity index (χ0v) is 11.1. The summed E-state index contributed by atoms with van der Waals surface area (Å²) in [5.41, 5.74) is 1.72. The van der Waals surface area contributed by atoms with Crippen LogP contribution < -0.4 is 0 Å². The van der Waals surface area contributed by atoms with E-state index in [4.69, 9.17) is 4.42 Å². The summed E-state index contributed by atoms with van der Waals surface area (Å²) in [4.78, 5) is 19.0. The summed E-state index contributed by atoms with van der Waals surface area (Å²) in [6.07, 6.45) is 4.01. The first-order valence-corrected chi connectivity index (χ1v) is 6.15. The van der Waals surface area contributed by atoms with Crippen LogP contribution in [0.25, 0.3) is 17.1 Å². The van der Waals surface area contributed by atoms with Crippen LogP contribution in [0.4, 0.5) is 0 Å². The van der Waals surface area contributed by atoms with E-state index in [-0.39, 0.29) is 11.7 Å². The number of nitrogens with zero attached hydrogens (tertiary/aromatic N) is 3. The number of imidazole rings is 1. The van der Waals surface area contributed by atoms with Gasteiger partial charge < -0.3 is 9.40 Å². The molecule has 94 valence electrons. The van der Waals surface area contributed by atoms with E-state index in [1.165, 1.54) is 6.08 Å². The molecule has 0 bridgehead atoms. The summed E-state index contributed by atoms with van der Waals surface area (Å²) in [7, 11) is 0. The van der Waals surface area contributed by atoms with Gasteiger partial charge in [-0.3, -0.25) is 4.79 Å². The first-order chi connectivity index (χ1) is 9.22. The predicted octanol–water partition coefficient (Wildman–Crippen LogP) is 2.60. The Bertz CT molecular complexity index is 761. The van der Waals surface area contributed by atoms with Crippen molar-refractivity contribution in [1.29, 1.82) is 0 Å². The van der Waals surface area contributed by atoms with Crippen LogP contribution in [-0.4, -0.2) is 25.9 Å². The lowest BCUT2D eigenvalue weighted by Gasteiger charge is -1.87. The quantitative estimate of drug-likeness (QED) is 0.592. The number of ketones is 1. The van der Waals surface area contributed by atoms with Crippen molar-refractivity contribution in [3.63, 3.8) is 0 Å². The van der Waals surface area contributed by atoms with Gasteiger partial charge in [0.1, 0.15) is 5.82 Å². The fraction of sp³-hybridized carbons (Fsp3) is 0. The van der Waals surface area contributed by atoms with E-state index in [1.54, 1.807) is 6.08 Å². The van der Waals surface area contributed by atoms with Crippen LogP contribution in [-0.2, 0) is 0 Å². The summed E-state index contributed by atoms with van der Waals surface area (Å²) in [5, 5.41) is 6.97. The van der Waals surface area contributed by atoms with Crippen LogP contribution in [0.2, 0.25) is 0 Å². The van der Waals surface area contributed by atoms with E-state index in [0.717, 1.165) is 21.9 Å². The summed E-state index contributed by atoms with van der Waals surface area (Å²) in [6, 6.07) is 5.70. The number of halogens is 1. The number of rotatable bonds is 3. The van der Waals surface area contributed by atoms with Gasteiger partial charge in [-0.25, -0.2) is 4.98 Å². The molecule has 7 heteroatoms. The van der Waals surface area contributed by atoms with Gasteiger partial charge >= 0.3 is 0 Å². The Labute approximate surface area is 115 Å². The first kappa shape index (κ1) is 11.8. The maximum absolute atomic E-state index is 11.6. The minimum absolute atomic E-state index is 0.0462. The molecule has 1 aromatic carbocycles. The molecule has 0 aliphatic heterocycles. The number of carbonyl (C=O) groups is 1. The molecule has 0 saturated heterocycles. The number of benzene rings is 1. The number of carbonyl (C=O) groups excluding carboxylic acids is 1. The number of aromatic amines is 1. The highest BCUT2D eigenvalue weighted by Gasteiger charge is 2.07. The van der Waals surface area contributed by atoms with Crippen LogP contribution in [0.5, 0.6) is 0 Å². The summed E-state index contributed by atoms with van der Waals surface area (Å²) < 4.78 is 5.76. The number of nitrogens with one attached hydrogen (secondary N) is 1. The van der Waals surface area contributed by atoms with Gasteiger partial charge in [-0.15, -0.1) is 10.2 Å². The second-order valence-corrected chi connectivity index (χ2v) is 4.64. The molecule has 0 saturated carbocycles. The molecule has 0 fully saturated rings. The molecule has 2 aromatic heterocycles. The summed E-state index contributed by atoms with van der Waals surface area (Å²) in [6.45, 7) is 0. The van der Waals surface area contributed by atoms with E-state index >= 15 is 0 Å². The van der Waals surface area contributed by atoms with Gasteiger partial charge in [-0.05, 0) is 30.4 Å². The molecule has 0 atom stereocenters. The normalized spacial score (nSPS) is 11.4. The minimum Gasteiger partial charge on any atom is -0.421 e. The van der Waals surface area contributed by atoms with Gasteiger partial charge in [-0.2, -0.15) is 0 Å². The Morgan fingerprint density at radius 2 is 2.32 bits per heavy atom. The largest absolute Gasteiger partial charge is 0.421 e. The highest BCUT2D eigenvalue weighted by molar-refractivity contribution is 9.10. The number of allylic oxidation sites excluding steroid dienone is 1. The third-order valence-corrected chi connectivity index (χ3v) is 2.92. The summed E-state index contributed by atoms with van der Waals surface area (Å²) >= 11 is 3.38. The molecule has 0 spiro atoms. The molecule has 0 aliphatic carbocycles. The minimum atomic E-state index is -0.362. The smallest absolute Gasteiger partial charge is 0.288 e.